The highest BCUT2D eigenvalue weighted by Gasteiger charge is 2.03. The van der Waals surface area contributed by atoms with Gasteiger partial charge in [-0.1, -0.05) is 11.2 Å². The fraction of sp³-hybridized carbons (Fsp3) is 0.308. The summed E-state index contributed by atoms with van der Waals surface area (Å²) < 4.78 is 5.10. The number of benzene rings is 1. The average molecular weight is 219 g/mol. The van der Waals surface area contributed by atoms with Crippen molar-refractivity contribution < 1.29 is 9.57 Å². The number of ether oxygens (including phenoxy) is 1. The molecule has 0 aliphatic rings. The zero-order chi connectivity index (χ0) is 11.8. The van der Waals surface area contributed by atoms with E-state index in [2.05, 4.69) is 11.7 Å². The number of hydrogen-bond acceptors (Lipinski definition) is 3. The van der Waals surface area contributed by atoms with Crippen LogP contribution in [-0.4, -0.2) is 19.9 Å². The quantitative estimate of drug-likeness (QED) is 0.418. The lowest BCUT2D eigenvalue weighted by molar-refractivity contribution is 0.213. The second-order valence-corrected chi connectivity index (χ2v) is 3.28. The maximum Gasteiger partial charge on any atom is 0.118 e. The highest BCUT2D eigenvalue weighted by Crippen LogP contribution is 2.14. The molecule has 0 saturated carbocycles. The van der Waals surface area contributed by atoms with Crippen molar-refractivity contribution in [3.8, 4) is 5.75 Å². The minimum Gasteiger partial charge on any atom is -0.497 e. The van der Waals surface area contributed by atoms with Crippen molar-refractivity contribution in [1.82, 2.24) is 0 Å². The van der Waals surface area contributed by atoms with Gasteiger partial charge in [-0.3, -0.25) is 0 Å². The first-order valence-corrected chi connectivity index (χ1v) is 5.17. The van der Waals surface area contributed by atoms with Crippen LogP contribution in [0.15, 0.2) is 42.1 Å². The van der Waals surface area contributed by atoms with Gasteiger partial charge in [0.15, 0.2) is 0 Å². The summed E-state index contributed by atoms with van der Waals surface area (Å²) in [4.78, 5) is 4.83. The molecule has 0 bridgehead atoms. The van der Waals surface area contributed by atoms with Gasteiger partial charge in [0.2, 0.25) is 0 Å². The third kappa shape index (κ3) is 3.42. The van der Waals surface area contributed by atoms with E-state index >= 15 is 0 Å². The first kappa shape index (κ1) is 12.3. The smallest absolute Gasteiger partial charge is 0.118 e. The number of rotatable bonds is 6. The van der Waals surface area contributed by atoms with E-state index in [1.165, 1.54) is 0 Å². The van der Waals surface area contributed by atoms with Gasteiger partial charge < -0.3 is 9.57 Å². The summed E-state index contributed by atoms with van der Waals surface area (Å²) >= 11 is 0. The SMILES string of the molecule is C=CCC/C(=N/OC)c1ccc(OC)cc1. The molecule has 0 aliphatic carbocycles. The highest BCUT2D eigenvalue weighted by atomic mass is 16.6. The lowest BCUT2D eigenvalue weighted by Crippen LogP contribution is -2.01. The predicted octanol–water partition coefficient (Wildman–Crippen LogP) is 3.01. The number of methoxy groups -OCH3 is 1. The third-order valence-corrected chi connectivity index (χ3v) is 2.21. The molecular weight excluding hydrogens is 202 g/mol. The summed E-state index contributed by atoms with van der Waals surface area (Å²) in [5.74, 6) is 0.837. The van der Waals surface area contributed by atoms with Crippen LogP contribution in [0.2, 0.25) is 0 Å². The summed E-state index contributed by atoms with van der Waals surface area (Å²) in [7, 11) is 3.20. The summed E-state index contributed by atoms with van der Waals surface area (Å²) in [5.41, 5.74) is 1.97. The van der Waals surface area contributed by atoms with Gasteiger partial charge in [0.25, 0.3) is 0 Å². The van der Waals surface area contributed by atoms with Gasteiger partial charge in [-0.2, -0.15) is 0 Å². The second kappa shape index (κ2) is 6.67. The lowest BCUT2D eigenvalue weighted by atomic mass is 10.1. The van der Waals surface area contributed by atoms with Crippen LogP contribution in [0.5, 0.6) is 5.75 Å². The van der Waals surface area contributed by atoms with Crippen LogP contribution in [0.4, 0.5) is 0 Å². The van der Waals surface area contributed by atoms with Gasteiger partial charge >= 0.3 is 0 Å². The van der Waals surface area contributed by atoms with E-state index in [9.17, 15) is 0 Å². The molecule has 0 unspecified atom stereocenters. The summed E-state index contributed by atoms with van der Waals surface area (Å²) in [6.07, 6.45) is 3.58. The number of allylic oxidation sites excluding steroid dienone is 1. The Labute approximate surface area is 96.4 Å². The van der Waals surface area contributed by atoms with Crippen molar-refractivity contribution in [3.63, 3.8) is 0 Å². The van der Waals surface area contributed by atoms with Gasteiger partial charge in [-0.05, 0) is 42.7 Å². The first-order valence-electron chi connectivity index (χ1n) is 5.17. The molecule has 3 nitrogen and oxygen atoms in total. The molecule has 0 aromatic heterocycles. The van der Waals surface area contributed by atoms with E-state index in [1.807, 2.05) is 30.3 Å². The third-order valence-electron chi connectivity index (χ3n) is 2.21. The van der Waals surface area contributed by atoms with Crippen molar-refractivity contribution in [3.05, 3.63) is 42.5 Å². The van der Waals surface area contributed by atoms with Gasteiger partial charge in [-0.15, -0.1) is 6.58 Å². The molecule has 0 atom stereocenters. The Bertz CT molecular complexity index is 355. The summed E-state index contributed by atoms with van der Waals surface area (Å²) in [5, 5.41) is 4.02. The molecule has 16 heavy (non-hydrogen) atoms. The molecule has 0 amide bonds. The number of hydrogen-bond donors (Lipinski definition) is 0. The molecular formula is C13H17NO2. The van der Waals surface area contributed by atoms with Crippen molar-refractivity contribution in [1.29, 1.82) is 0 Å². The first-order chi connectivity index (χ1) is 7.81. The van der Waals surface area contributed by atoms with E-state index in [1.54, 1.807) is 14.2 Å². The molecule has 1 aromatic rings. The van der Waals surface area contributed by atoms with Crippen LogP contribution in [0, 0.1) is 0 Å². The molecule has 0 aliphatic heterocycles. The van der Waals surface area contributed by atoms with Crippen LogP contribution in [0.25, 0.3) is 0 Å². The van der Waals surface area contributed by atoms with Gasteiger partial charge in [0.05, 0.1) is 12.8 Å². The Kier molecular flexibility index (Phi) is 5.12. The minimum atomic E-state index is 0.823. The van der Waals surface area contributed by atoms with Crippen LogP contribution >= 0.6 is 0 Å². The Hall–Kier alpha value is -1.77. The van der Waals surface area contributed by atoms with E-state index < -0.39 is 0 Å². The molecule has 0 fully saturated rings. The van der Waals surface area contributed by atoms with Crippen LogP contribution in [0.3, 0.4) is 0 Å². The second-order valence-electron chi connectivity index (χ2n) is 3.28. The summed E-state index contributed by atoms with van der Waals surface area (Å²) in [6.45, 7) is 3.70. The lowest BCUT2D eigenvalue weighted by Gasteiger charge is -2.05. The molecule has 0 radical (unpaired) electrons. The van der Waals surface area contributed by atoms with Gasteiger partial charge in [0.1, 0.15) is 12.9 Å². The Morgan fingerprint density at radius 3 is 2.50 bits per heavy atom. The number of oxime groups is 1. The molecule has 1 rings (SSSR count). The topological polar surface area (TPSA) is 30.8 Å². The zero-order valence-electron chi connectivity index (χ0n) is 9.77. The standard InChI is InChI=1S/C13H17NO2/c1-4-5-6-13(14-16-3)11-7-9-12(15-2)10-8-11/h4,7-10H,1,5-6H2,2-3H3/b14-13-. The fourth-order valence-electron chi connectivity index (χ4n) is 1.38. The molecule has 0 spiro atoms. The molecule has 0 N–H and O–H groups in total. The van der Waals surface area contributed by atoms with Crippen LogP contribution < -0.4 is 4.74 Å². The maximum absolute atomic E-state index is 5.10. The molecule has 3 heteroatoms. The average Bonchev–Trinajstić information content (AvgIpc) is 2.35. The zero-order valence-corrected chi connectivity index (χ0v) is 9.77. The van der Waals surface area contributed by atoms with Crippen molar-refractivity contribution in [2.75, 3.05) is 14.2 Å². The van der Waals surface area contributed by atoms with Crippen LogP contribution in [0.1, 0.15) is 18.4 Å². The number of nitrogens with zero attached hydrogens (tertiary/aromatic N) is 1. The normalized spacial score (nSPS) is 11.0. The van der Waals surface area contributed by atoms with E-state index in [4.69, 9.17) is 9.57 Å². The highest BCUT2D eigenvalue weighted by molar-refractivity contribution is 6.00. The molecule has 0 saturated heterocycles. The monoisotopic (exact) mass is 219 g/mol. The molecule has 86 valence electrons. The predicted molar refractivity (Wildman–Crippen MR) is 66.0 cm³/mol. The minimum absolute atomic E-state index is 0.823. The van der Waals surface area contributed by atoms with Crippen molar-refractivity contribution >= 4 is 5.71 Å². The van der Waals surface area contributed by atoms with Crippen molar-refractivity contribution in [2.24, 2.45) is 5.16 Å². The van der Waals surface area contributed by atoms with Crippen LogP contribution in [-0.2, 0) is 4.84 Å². The van der Waals surface area contributed by atoms with E-state index in [0.29, 0.717) is 0 Å². The molecule has 0 heterocycles. The Morgan fingerprint density at radius 2 is 2.00 bits per heavy atom. The van der Waals surface area contributed by atoms with Gasteiger partial charge in [-0.25, -0.2) is 0 Å². The van der Waals surface area contributed by atoms with E-state index in [0.717, 1.165) is 29.9 Å². The Balaban J connectivity index is 2.83. The van der Waals surface area contributed by atoms with Gasteiger partial charge in [0, 0.05) is 0 Å². The maximum atomic E-state index is 5.10. The summed E-state index contributed by atoms with van der Waals surface area (Å²) in [6, 6.07) is 7.77. The van der Waals surface area contributed by atoms with Crippen molar-refractivity contribution in [2.45, 2.75) is 12.8 Å². The fourth-order valence-corrected chi connectivity index (χ4v) is 1.38. The molecule has 1 aromatic carbocycles. The largest absolute Gasteiger partial charge is 0.497 e. The Morgan fingerprint density at radius 1 is 1.31 bits per heavy atom. The van der Waals surface area contributed by atoms with E-state index in [-0.39, 0.29) is 0 Å².